The number of carbonyl (C=O) groups excluding carboxylic acids is 2. The zero-order valence-corrected chi connectivity index (χ0v) is 10.8. The monoisotopic (exact) mass is 257 g/mol. The minimum atomic E-state index is -0.989. The number of likely N-dealkylation sites (N-methyl/N-ethyl adjacent to an activating group) is 1. The standard InChI is InChI=1S/C11H19N3O4/c1-11(2,6-8(15)16)13-10(18)12-7-4-5-14(3)9(7)17/h7H,4-6H2,1-3H3,(H,15,16)(H2,12,13,18). The molecule has 1 atom stereocenters. The first-order valence-corrected chi connectivity index (χ1v) is 5.77. The highest BCUT2D eigenvalue weighted by molar-refractivity contribution is 5.88. The predicted molar refractivity (Wildman–Crippen MR) is 64.0 cm³/mol. The molecule has 0 spiro atoms. The fourth-order valence-electron chi connectivity index (χ4n) is 1.88. The molecule has 0 aromatic carbocycles. The number of carboxylic acids is 1. The maximum Gasteiger partial charge on any atom is 0.315 e. The number of amides is 3. The molecule has 1 aliphatic heterocycles. The minimum Gasteiger partial charge on any atom is -0.481 e. The van der Waals surface area contributed by atoms with Crippen LogP contribution in [0.1, 0.15) is 26.7 Å². The smallest absolute Gasteiger partial charge is 0.315 e. The summed E-state index contributed by atoms with van der Waals surface area (Å²) >= 11 is 0. The minimum absolute atomic E-state index is 0.124. The van der Waals surface area contributed by atoms with Crippen LogP contribution in [-0.4, -0.2) is 53.1 Å². The van der Waals surface area contributed by atoms with E-state index in [2.05, 4.69) is 10.6 Å². The van der Waals surface area contributed by atoms with Crippen molar-refractivity contribution in [2.45, 2.75) is 38.3 Å². The third-order valence-electron chi connectivity index (χ3n) is 2.78. The van der Waals surface area contributed by atoms with Gasteiger partial charge in [0.25, 0.3) is 0 Å². The van der Waals surface area contributed by atoms with E-state index in [0.29, 0.717) is 13.0 Å². The highest BCUT2D eigenvalue weighted by Crippen LogP contribution is 2.10. The molecule has 1 fully saturated rings. The number of likely N-dealkylation sites (tertiary alicyclic amines) is 1. The van der Waals surface area contributed by atoms with Gasteiger partial charge in [-0.1, -0.05) is 0 Å². The van der Waals surface area contributed by atoms with Gasteiger partial charge in [-0.2, -0.15) is 0 Å². The van der Waals surface area contributed by atoms with Gasteiger partial charge in [0.15, 0.2) is 0 Å². The van der Waals surface area contributed by atoms with Crippen LogP contribution in [0.15, 0.2) is 0 Å². The molecule has 1 unspecified atom stereocenters. The van der Waals surface area contributed by atoms with Gasteiger partial charge in [0.1, 0.15) is 6.04 Å². The normalized spacial score (nSPS) is 19.8. The van der Waals surface area contributed by atoms with Crippen LogP contribution in [-0.2, 0) is 9.59 Å². The summed E-state index contributed by atoms with van der Waals surface area (Å²) in [7, 11) is 1.68. The van der Waals surface area contributed by atoms with E-state index in [1.807, 2.05) is 0 Å². The van der Waals surface area contributed by atoms with Crippen molar-refractivity contribution >= 4 is 17.9 Å². The fraction of sp³-hybridized carbons (Fsp3) is 0.727. The first-order chi connectivity index (χ1) is 8.21. The van der Waals surface area contributed by atoms with Crippen molar-refractivity contribution in [3.05, 3.63) is 0 Å². The molecule has 1 saturated heterocycles. The summed E-state index contributed by atoms with van der Waals surface area (Å²) in [5.41, 5.74) is -0.858. The molecule has 0 radical (unpaired) electrons. The molecule has 7 nitrogen and oxygen atoms in total. The summed E-state index contributed by atoms with van der Waals surface area (Å²) in [6.07, 6.45) is 0.390. The first kappa shape index (κ1) is 14.3. The number of urea groups is 1. The lowest BCUT2D eigenvalue weighted by atomic mass is 10.0. The highest BCUT2D eigenvalue weighted by Gasteiger charge is 2.31. The summed E-state index contributed by atoms with van der Waals surface area (Å²) in [4.78, 5) is 35.4. The van der Waals surface area contributed by atoms with Gasteiger partial charge in [-0.15, -0.1) is 0 Å². The Kier molecular flexibility index (Phi) is 4.15. The van der Waals surface area contributed by atoms with Crippen molar-refractivity contribution in [2.24, 2.45) is 0 Å². The second-order valence-electron chi connectivity index (χ2n) is 5.15. The van der Waals surface area contributed by atoms with Crippen LogP contribution in [0, 0.1) is 0 Å². The SMILES string of the molecule is CN1CCC(NC(=O)NC(C)(C)CC(=O)O)C1=O. The van der Waals surface area contributed by atoms with E-state index in [-0.39, 0.29) is 12.3 Å². The number of hydrogen-bond acceptors (Lipinski definition) is 3. The fourth-order valence-corrected chi connectivity index (χ4v) is 1.88. The van der Waals surface area contributed by atoms with Gasteiger partial charge in [-0.05, 0) is 20.3 Å². The molecule has 0 bridgehead atoms. The number of hydrogen-bond donors (Lipinski definition) is 3. The zero-order valence-electron chi connectivity index (χ0n) is 10.8. The van der Waals surface area contributed by atoms with E-state index < -0.39 is 23.6 Å². The van der Waals surface area contributed by atoms with Crippen molar-refractivity contribution in [1.82, 2.24) is 15.5 Å². The van der Waals surface area contributed by atoms with Crippen LogP contribution in [0.4, 0.5) is 4.79 Å². The molecule has 102 valence electrons. The predicted octanol–water partition coefficient (Wildman–Crippen LogP) is -0.230. The second kappa shape index (κ2) is 5.24. The van der Waals surface area contributed by atoms with Crippen LogP contribution in [0.2, 0.25) is 0 Å². The molecule has 0 aromatic rings. The molecular weight excluding hydrogens is 238 g/mol. The first-order valence-electron chi connectivity index (χ1n) is 5.77. The maximum absolute atomic E-state index is 11.7. The van der Waals surface area contributed by atoms with E-state index in [0.717, 1.165) is 0 Å². The molecule has 1 rings (SSSR count). The van der Waals surface area contributed by atoms with Crippen LogP contribution < -0.4 is 10.6 Å². The Morgan fingerprint density at radius 2 is 2.11 bits per heavy atom. The number of carbonyl (C=O) groups is 3. The number of nitrogens with zero attached hydrogens (tertiary/aromatic N) is 1. The summed E-state index contributed by atoms with van der Waals surface area (Å²) in [5, 5.41) is 13.8. The lowest BCUT2D eigenvalue weighted by Crippen LogP contribution is -2.53. The number of rotatable bonds is 4. The van der Waals surface area contributed by atoms with E-state index >= 15 is 0 Å². The summed E-state index contributed by atoms with van der Waals surface area (Å²) in [5.74, 6) is -1.11. The molecule has 1 aliphatic rings. The third kappa shape index (κ3) is 3.90. The van der Waals surface area contributed by atoms with Gasteiger partial charge in [0.05, 0.1) is 6.42 Å². The Hall–Kier alpha value is -1.79. The molecule has 0 saturated carbocycles. The van der Waals surface area contributed by atoms with Crippen LogP contribution in [0.3, 0.4) is 0 Å². The highest BCUT2D eigenvalue weighted by atomic mass is 16.4. The van der Waals surface area contributed by atoms with Crippen LogP contribution in [0.25, 0.3) is 0 Å². The van der Waals surface area contributed by atoms with Gasteiger partial charge < -0.3 is 20.6 Å². The van der Waals surface area contributed by atoms with E-state index in [4.69, 9.17) is 5.11 Å². The van der Waals surface area contributed by atoms with Gasteiger partial charge in [-0.3, -0.25) is 9.59 Å². The lowest BCUT2D eigenvalue weighted by molar-refractivity contribution is -0.138. The third-order valence-corrected chi connectivity index (χ3v) is 2.78. The summed E-state index contributed by atoms with van der Waals surface area (Å²) in [6, 6.07) is -1.04. The Morgan fingerprint density at radius 1 is 1.50 bits per heavy atom. The number of nitrogens with one attached hydrogen (secondary N) is 2. The van der Waals surface area contributed by atoms with Gasteiger partial charge in [0.2, 0.25) is 5.91 Å². The Balaban J connectivity index is 2.47. The van der Waals surface area contributed by atoms with Crippen LogP contribution in [0.5, 0.6) is 0 Å². The van der Waals surface area contributed by atoms with Crippen molar-refractivity contribution in [3.8, 4) is 0 Å². The second-order valence-corrected chi connectivity index (χ2v) is 5.15. The molecule has 18 heavy (non-hydrogen) atoms. The Bertz CT molecular complexity index is 367. The average molecular weight is 257 g/mol. The Labute approximate surface area is 106 Å². The summed E-state index contributed by atoms with van der Waals surface area (Å²) < 4.78 is 0. The topological polar surface area (TPSA) is 98.7 Å². The van der Waals surface area contributed by atoms with Crippen LogP contribution >= 0.6 is 0 Å². The molecule has 0 aromatic heterocycles. The van der Waals surface area contributed by atoms with Crippen molar-refractivity contribution in [3.63, 3.8) is 0 Å². The molecule has 1 heterocycles. The van der Waals surface area contributed by atoms with Crippen molar-refractivity contribution in [2.75, 3.05) is 13.6 Å². The van der Waals surface area contributed by atoms with Gasteiger partial charge in [-0.25, -0.2) is 4.79 Å². The number of aliphatic carboxylic acids is 1. The number of carboxylic acid groups (broad SMARTS) is 1. The van der Waals surface area contributed by atoms with E-state index in [9.17, 15) is 14.4 Å². The van der Waals surface area contributed by atoms with Crippen molar-refractivity contribution in [1.29, 1.82) is 0 Å². The quantitative estimate of drug-likeness (QED) is 0.647. The molecular formula is C11H19N3O4. The summed E-state index contributed by atoms with van der Waals surface area (Å²) in [6.45, 7) is 3.84. The largest absolute Gasteiger partial charge is 0.481 e. The molecule has 3 amide bonds. The lowest BCUT2D eigenvalue weighted by Gasteiger charge is -2.25. The van der Waals surface area contributed by atoms with E-state index in [1.54, 1.807) is 25.8 Å². The maximum atomic E-state index is 11.7. The van der Waals surface area contributed by atoms with E-state index in [1.165, 1.54) is 0 Å². The van der Waals surface area contributed by atoms with Gasteiger partial charge in [0, 0.05) is 19.1 Å². The molecule has 7 heteroatoms. The Morgan fingerprint density at radius 3 is 2.56 bits per heavy atom. The van der Waals surface area contributed by atoms with Crippen molar-refractivity contribution < 1.29 is 19.5 Å². The van der Waals surface area contributed by atoms with Gasteiger partial charge >= 0.3 is 12.0 Å². The average Bonchev–Trinajstić information content (AvgIpc) is 2.46. The molecule has 0 aliphatic carbocycles. The molecule has 3 N–H and O–H groups in total. The zero-order chi connectivity index (χ0) is 13.9.